The molecular formula is C16H26NO4+. The molecule has 0 heterocycles. The van der Waals surface area contributed by atoms with E-state index >= 15 is 0 Å². The first-order valence-electron chi connectivity index (χ1n) is 7.09. The van der Waals surface area contributed by atoms with Crippen molar-refractivity contribution >= 4 is 5.78 Å². The number of aliphatic hydroxyl groups is 2. The number of ether oxygens (including phenoxy) is 1. The second-order valence-corrected chi connectivity index (χ2v) is 6.37. The van der Waals surface area contributed by atoms with Crippen molar-refractivity contribution in [1.82, 2.24) is 0 Å². The second kappa shape index (κ2) is 7.02. The molecule has 1 rings (SSSR count). The first-order valence-corrected chi connectivity index (χ1v) is 7.09. The van der Waals surface area contributed by atoms with Crippen LogP contribution in [0.4, 0.5) is 0 Å². The molecule has 0 saturated heterocycles. The minimum Gasteiger partial charge on any atom is -0.488 e. The monoisotopic (exact) mass is 296 g/mol. The number of rotatable bonds is 8. The van der Waals surface area contributed by atoms with Gasteiger partial charge in [-0.2, -0.15) is 0 Å². The van der Waals surface area contributed by atoms with E-state index in [1.54, 1.807) is 24.3 Å². The molecule has 0 fully saturated rings. The van der Waals surface area contributed by atoms with Crippen molar-refractivity contribution in [1.29, 1.82) is 0 Å². The summed E-state index contributed by atoms with van der Waals surface area (Å²) in [5.41, 5.74) is -0.903. The highest BCUT2D eigenvalue weighted by Gasteiger charge is 2.25. The molecule has 0 aliphatic rings. The van der Waals surface area contributed by atoms with Gasteiger partial charge in [0.15, 0.2) is 5.78 Å². The summed E-state index contributed by atoms with van der Waals surface area (Å²) < 4.78 is 6.32. The van der Waals surface area contributed by atoms with Crippen molar-refractivity contribution in [3.8, 4) is 5.75 Å². The lowest BCUT2D eigenvalue weighted by Crippen LogP contribution is -2.44. The summed E-state index contributed by atoms with van der Waals surface area (Å²) in [5.74, 6) is 0.376. The van der Waals surface area contributed by atoms with Gasteiger partial charge < -0.3 is 19.4 Å². The van der Waals surface area contributed by atoms with E-state index in [9.17, 15) is 9.90 Å². The molecule has 118 valence electrons. The van der Waals surface area contributed by atoms with Crippen molar-refractivity contribution in [3.05, 3.63) is 29.8 Å². The van der Waals surface area contributed by atoms with Gasteiger partial charge in [-0.05, 0) is 38.1 Å². The number of hydrogen-bond donors (Lipinski definition) is 2. The quantitative estimate of drug-likeness (QED) is 0.557. The Labute approximate surface area is 126 Å². The minimum absolute atomic E-state index is 0.154. The number of Topliss-reactive ketones (excluding diaryl/α,β-unsaturated/α-hetero) is 1. The Bertz CT molecular complexity index is 460. The summed E-state index contributed by atoms with van der Waals surface area (Å²) in [7, 11) is 4.06. The van der Waals surface area contributed by atoms with Crippen LogP contribution in [0.2, 0.25) is 0 Å². The van der Waals surface area contributed by atoms with E-state index in [4.69, 9.17) is 9.84 Å². The number of benzene rings is 1. The number of quaternary nitrogens is 1. The molecule has 1 aromatic carbocycles. The summed E-state index contributed by atoms with van der Waals surface area (Å²) in [4.78, 5) is 11.9. The van der Waals surface area contributed by atoms with E-state index in [2.05, 4.69) is 0 Å². The molecule has 0 radical (unpaired) electrons. The SMILES string of the molecule is CC(C)(O)C(=O)c1ccc(OCC[N+](C)(C)CCO)cc1. The van der Waals surface area contributed by atoms with E-state index in [1.165, 1.54) is 13.8 Å². The molecule has 0 unspecified atom stereocenters. The van der Waals surface area contributed by atoms with Crippen molar-refractivity contribution < 1.29 is 24.2 Å². The predicted octanol–water partition coefficient (Wildman–Crippen LogP) is 1.09. The molecular weight excluding hydrogens is 270 g/mol. The molecule has 1 aromatic rings. The molecule has 0 aromatic heterocycles. The number of hydrogen-bond acceptors (Lipinski definition) is 4. The maximum atomic E-state index is 11.9. The van der Waals surface area contributed by atoms with Crippen LogP contribution >= 0.6 is 0 Å². The topological polar surface area (TPSA) is 66.8 Å². The number of carbonyl (C=O) groups excluding carboxylic acids is 1. The van der Waals surface area contributed by atoms with E-state index in [0.717, 1.165) is 6.54 Å². The smallest absolute Gasteiger partial charge is 0.193 e. The number of aliphatic hydroxyl groups excluding tert-OH is 1. The Morgan fingerprint density at radius 3 is 2.24 bits per heavy atom. The first kappa shape index (κ1) is 17.6. The average Bonchev–Trinajstić information content (AvgIpc) is 2.37. The normalized spacial score (nSPS) is 12.3. The Morgan fingerprint density at radius 2 is 1.76 bits per heavy atom. The Balaban J connectivity index is 2.54. The fourth-order valence-electron chi connectivity index (χ4n) is 1.85. The zero-order valence-corrected chi connectivity index (χ0v) is 13.3. The molecule has 2 N–H and O–H groups in total. The lowest BCUT2D eigenvalue weighted by atomic mass is 9.97. The number of nitrogens with zero attached hydrogens (tertiary/aromatic N) is 1. The van der Waals surface area contributed by atoms with Crippen LogP contribution in [-0.4, -0.2) is 66.5 Å². The Hall–Kier alpha value is -1.43. The Kier molecular flexibility index (Phi) is 5.89. The van der Waals surface area contributed by atoms with Crippen LogP contribution in [0.3, 0.4) is 0 Å². The number of carbonyl (C=O) groups is 1. The molecule has 0 aliphatic carbocycles. The van der Waals surface area contributed by atoms with E-state index in [-0.39, 0.29) is 12.4 Å². The minimum atomic E-state index is -1.37. The highest BCUT2D eigenvalue weighted by atomic mass is 16.5. The summed E-state index contributed by atoms with van der Waals surface area (Å²) >= 11 is 0. The maximum absolute atomic E-state index is 11.9. The molecule has 0 spiro atoms. The standard InChI is InChI=1S/C16H26NO4/c1-16(2,20)15(19)13-5-7-14(8-6-13)21-12-10-17(3,4)9-11-18/h5-8,18,20H,9-12H2,1-4H3/q+1. The predicted molar refractivity (Wildman–Crippen MR) is 81.5 cm³/mol. The second-order valence-electron chi connectivity index (χ2n) is 6.37. The van der Waals surface area contributed by atoms with Crippen molar-refractivity contribution in [2.75, 3.05) is 40.4 Å². The van der Waals surface area contributed by atoms with Gasteiger partial charge in [-0.3, -0.25) is 4.79 Å². The number of ketones is 1. The first-order chi connectivity index (χ1) is 9.65. The highest BCUT2D eigenvalue weighted by molar-refractivity contribution is 6.01. The van der Waals surface area contributed by atoms with Gasteiger partial charge in [-0.1, -0.05) is 0 Å². The number of likely N-dealkylation sites (N-methyl/N-ethyl adjacent to an activating group) is 1. The van der Waals surface area contributed by atoms with Gasteiger partial charge in [0.1, 0.15) is 31.0 Å². The molecule has 0 atom stereocenters. The van der Waals surface area contributed by atoms with Gasteiger partial charge in [0, 0.05) is 5.56 Å². The van der Waals surface area contributed by atoms with Crippen LogP contribution in [0, 0.1) is 0 Å². The van der Waals surface area contributed by atoms with Gasteiger partial charge in [-0.25, -0.2) is 0 Å². The summed E-state index contributed by atoms with van der Waals surface area (Å²) in [5, 5.41) is 18.6. The fourth-order valence-corrected chi connectivity index (χ4v) is 1.85. The van der Waals surface area contributed by atoms with Gasteiger partial charge in [0.25, 0.3) is 0 Å². The van der Waals surface area contributed by atoms with Crippen molar-refractivity contribution in [3.63, 3.8) is 0 Å². The lowest BCUT2D eigenvalue weighted by Gasteiger charge is -2.28. The van der Waals surface area contributed by atoms with Crippen molar-refractivity contribution in [2.24, 2.45) is 0 Å². The van der Waals surface area contributed by atoms with Crippen molar-refractivity contribution in [2.45, 2.75) is 19.4 Å². The lowest BCUT2D eigenvalue weighted by molar-refractivity contribution is -0.890. The zero-order valence-electron chi connectivity index (χ0n) is 13.3. The summed E-state index contributed by atoms with van der Waals surface area (Å²) in [6.45, 7) is 5.10. The van der Waals surface area contributed by atoms with Crippen LogP contribution in [0.1, 0.15) is 24.2 Å². The summed E-state index contributed by atoms with van der Waals surface area (Å²) in [6.07, 6.45) is 0. The molecule has 0 saturated carbocycles. The Morgan fingerprint density at radius 1 is 1.19 bits per heavy atom. The average molecular weight is 296 g/mol. The van der Waals surface area contributed by atoms with Gasteiger partial charge in [0.05, 0.1) is 20.7 Å². The van der Waals surface area contributed by atoms with E-state index in [0.29, 0.717) is 28.9 Å². The van der Waals surface area contributed by atoms with Gasteiger partial charge >= 0.3 is 0 Å². The molecule has 0 bridgehead atoms. The molecule has 5 nitrogen and oxygen atoms in total. The third kappa shape index (κ3) is 5.83. The van der Waals surface area contributed by atoms with E-state index in [1.807, 2.05) is 14.1 Å². The molecule has 0 amide bonds. The highest BCUT2D eigenvalue weighted by Crippen LogP contribution is 2.17. The van der Waals surface area contributed by atoms with Gasteiger partial charge in [-0.15, -0.1) is 0 Å². The molecule has 21 heavy (non-hydrogen) atoms. The van der Waals surface area contributed by atoms with Crippen LogP contribution in [0.25, 0.3) is 0 Å². The third-order valence-corrected chi connectivity index (χ3v) is 3.34. The third-order valence-electron chi connectivity index (χ3n) is 3.34. The fraction of sp³-hybridized carbons (Fsp3) is 0.562. The van der Waals surface area contributed by atoms with E-state index < -0.39 is 5.60 Å². The van der Waals surface area contributed by atoms with Crippen LogP contribution in [0.5, 0.6) is 5.75 Å². The zero-order chi connectivity index (χ0) is 16.1. The summed E-state index contributed by atoms with van der Waals surface area (Å²) in [6, 6.07) is 6.77. The van der Waals surface area contributed by atoms with Gasteiger partial charge in [0.2, 0.25) is 0 Å². The molecule has 5 heteroatoms. The van der Waals surface area contributed by atoms with Crippen LogP contribution < -0.4 is 4.74 Å². The van der Waals surface area contributed by atoms with Crippen LogP contribution in [0.15, 0.2) is 24.3 Å². The maximum Gasteiger partial charge on any atom is 0.193 e. The van der Waals surface area contributed by atoms with Crippen LogP contribution in [-0.2, 0) is 0 Å². The molecule has 0 aliphatic heterocycles. The largest absolute Gasteiger partial charge is 0.488 e.